The number of carboxylic acids is 1. The second kappa shape index (κ2) is 20.8. The number of aliphatic hydroxyl groups is 2. The molecule has 1 heterocycles. The molecule has 1 atom stereocenters. The third-order valence-corrected chi connectivity index (χ3v) is 7.82. The lowest BCUT2D eigenvalue weighted by Gasteiger charge is -2.18. The number of carbonyl (C=O) groups is 3. The summed E-state index contributed by atoms with van der Waals surface area (Å²) in [5.74, 6) is -1.000. The van der Waals surface area contributed by atoms with Crippen molar-refractivity contribution >= 4 is 23.6 Å². The fourth-order valence-electron chi connectivity index (χ4n) is 5.32. The molecule has 1 aliphatic rings. The molecular weight excluding hydrogens is 614 g/mol. The van der Waals surface area contributed by atoms with Crippen LogP contribution in [0.5, 0.6) is 5.75 Å². The molecule has 0 saturated carbocycles. The van der Waals surface area contributed by atoms with Crippen molar-refractivity contribution in [1.29, 1.82) is 0 Å². The maximum Gasteiger partial charge on any atom is 0.332 e. The van der Waals surface area contributed by atoms with Crippen molar-refractivity contribution in [3.63, 3.8) is 0 Å². The van der Waals surface area contributed by atoms with Crippen molar-refractivity contribution in [2.24, 2.45) is 0 Å². The van der Waals surface area contributed by atoms with Gasteiger partial charge in [0.1, 0.15) is 12.3 Å². The minimum absolute atomic E-state index is 0.0327. The lowest BCUT2D eigenvalue weighted by molar-refractivity contribution is -0.134. The Balaban J connectivity index is 0.00000148. The van der Waals surface area contributed by atoms with Gasteiger partial charge in [-0.15, -0.1) is 0 Å². The number of carboxylic acid groups (broad SMARTS) is 1. The first kappa shape index (κ1) is 38.2. The molecular formula is C37H49N3O8. The lowest BCUT2D eigenvalue weighted by Crippen LogP contribution is -2.32. The maximum absolute atomic E-state index is 13.0. The summed E-state index contributed by atoms with van der Waals surface area (Å²) >= 11 is 0. The molecule has 0 radical (unpaired) electrons. The first-order valence-corrected chi connectivity index (χ1v) is 16.5. The standard InChI is InChI=1S/C35H45N3O6.C2H4O2/c39-26-30-22-29(16-17-32(30)40)33(41)23-36-18-7-1-2-8-19-44-20-9-6-11-27-14-10-15-31(21-27)38-34(42)25-37(35(38)43)24-28-12-4-3-5-13-28;1-2(3)4/h3-5,10,12-17,21-22,33,36,39-41H,1-2,6-9,11,18-20,23-26H2;1H3,(H,3,4)/t33-;/m0./s1. The normalized spacial score (nSPS) is 13.4. The zero-order chi connectivity index (χ0) is 34.7. The number of ether oxygens (including phenoxy) is 1. The second-order valence-electron chi connectivity index (χ2n) is 11.8. The van der Waals surface area contributed by atoms with Crippen molar-refractivity contribution in [1.82, 2.24) is 10.2 Å². The largest absolute Gasteiger partial charge is 0.508 e. The molecule has 3 aromatic rings. The number of unbranched alkanes of at least 4 members (excludes halogenated alkanes) is 4. The summed E-state index contributed by atoms with van der Waals surface area (Å²) in [7, 11) is 0. The molecule has 0 unspecified atom stereocenters. The number of nitrogens with zero attached hydrogens (tertiary/aromatic N) is 2. The van der Waals surface area contributed by atoms with Gasteiger partial charge in [-0.2, -0.15) is 0 Å². The molecule has 48 heavy (non-hydrogen) atoms. The third-order valence-electron chi connectivity index (χ3n) is 7.82. The Kier molecular flexibility index (Phi) is 16.6. The van der Waals surface area contributed by atoms with Gasteiger partial charge in [0.15, 0.2) is 0 Å². The van der Waals surface area contributed by atoms with Crippen LogP contribution in [0.2, 0.25) is 0 Å². The Morgan fingerprint density at radius 3 is 2.31 bits per heavy atom. The number of aliphatic hydroxyl groups excluding tert-OH is 2. The first-order chi connectivity index (χ1) is 23.2. The highest BCUT2D eigenvalue weighted by atomic mass is 16.5. The molecule has 1 fully saturated rings. The predicted octanol–water partition coefficient (Wildman–Crippen LogP) is 5.17. The second-order valence-corrected chi connectivity index (χ2v) is 11.8. The summed E-state index contributed by atoms with van der Waals surface area (Å²) in [4.78, 5) is 37.6. The highest BCUT2D eigenvalue weighted by Gasteiger charge is 2.37. The van der Waals surface area contributed by atoms with Gasteiger partial charge in [-0.1, -0.05) is 61.4 Å². The molecule has 11 nitrogen and oxygen atoms in total. The molecule has 3 aromatic carbocycles. The number of imide groups is 1. The van der Waals surface area contributed by atoms with Gasteiger partial charge in [0, 0.05) is 38.8 Å². The Hall–Kier alpha value is -4.29. The van der Waals surface area contributed by atoms with Gasteiger partial charge in [-0.05, 0) is 79.6 Å². The van der Waals surface area contributed by atoms with Gasteiger partial charge in [0.05, 0.1) is 18.4 Å². The van der Waals surface area contributed by atoms with E-state index in [1.807, 2.05) is 54.6 Å². The summed E-state index contributed by atoms with van der Waals surface area (Å²) in [6.07, 6.45) is 6.29. The first-order valence-electron chi connectivity index (χ1n) is 16.5. The lowest BCUT2D eigenvalue weighted by atomic mass is 10.1. The Morgan fingerprint density at radius 1 is 0.896 bits per heavy atom. The topological polar surface area (TPSA) is 160 Å². The molecule has 3 amide bonds. The number of phenols is 1. The molecule has 0 bridgehead atoms. The van der Waals surface area contributed by atoms with E-state index in [-0.39, 0.29) is 30.8 Å². The fraction of sp³-hybridized carbons (Fsp3) is 0.432. The van der Waals surface area contributed by atoms with Crippen LogP contribution in [0, 0.1) is 0 Å². The maximum atomic E-state index is 13.0. The van der Waals surface area contributed by atoms with Gasteiger partial charge in [-0.3, -0.25) is 9.59 Å². The highest BCUT2D eigenvalue weighted by Crippen LogP contribution is 2.25. The summed E-state index contributed by atoms with van der Waals surface area (Å²) in [6.45, 7) is 4.02. The molecule has 5 N–H and O–H groups in total. The zero-order valence-electron chi connectivity index (χ0n) is 27.7. The number of amides is 3. The van der Waals surface area contributed by atoms with Crippen LogP contribution >= 0.6 is 0 Å². The minimum atomic E-state index is -0.833. The van der Waals surface area contributed by atoms with Gasteiger partial charge in [-0.25, -0.2) is 9.69 Å². The van der Waals surface area contributed by atoms with Gasteiger partial charge < -0.3 is 35.4 Å². The van der Waals surface area contributed by atoms with Crippen LogP contribution < -0.4 is 10.2 Å². The van der Waals surface area contributed by atoms with E-state index in [1.54, 1.807) is 17.0 Å². The van der Waals surface area contributed by atoms with Crippen LogP contribution in [0.3, 0.4) is 0 Å². The van der Waals surface area contributed by atoms with E-state index < -0.39 is 12.1 Å². The number of hydrogen-bond acceptors (Lipinski definition) is 8. The molecule has 0 aliphatic carbocycles. The number of urea groups is 1. The number of aryl methyl sites for hydroxylation is 1. The van der Waals surface area contributed by atoms with Crippen molar-refractivity contribution in [2.75, 3.05) is 37.7 Å². The number of anilines is 1. The number of carbonyl (C=O) groups excluding carboxylic acids is 2. The average Bonchev–Trinajstić information content (AvgIpc) is 3.35. The van der Waals surface area contributed by atoms with Gasteiger partial charge >= 0.3 is 6.03 Å². The van der Waals surface area contributed by atoms with Crippen LogP contribution in [0.25, 0.3) is 0 Å². The third kappa shape index (κ3) is 13.1. The van der Waals surface area contributed by atoms with Crippen molar-refractivity contribution in [3.05, 3.63) is 95.1 Å². The van der Waals surface area contributed by atoms with Crippen molar-refractivity contribution in [2.45, 2.75) is 71.1 Å². The van der Waals surface area contributed by atoms with Gasteiger partial charge in [0.2, 0.25) is 0 Å². The molecule has 0 aromatic heterocycles. The number of aromatic hydroxyl groups is 1. The van der Waals surface area contributed by atoms with E-state index in [4.69, 9.17) is 14.6 Å². The Bertz CT molecular complexity index is 1430. The molecule has 11 heteroatoms. The average molecular weight is 664 g/mol. The summed E-state index contributed by atoms with van der Waals surface area (Å²) in [5, 5.41) is 39.9. The smallest absolute Gasteiger partial charge is 0.332 e. The minimum Gasteiger partial charge on any atom is -0.508 e. The summed E-state index contributed by atoms with van der Waals surface area (Å²) in [5.41, 5.74) is 3.81. The van der Waals surface area contributed by atoms with E-state index in [1.165, 1.54) is 11.0 Å². The number of hydrogen-bond donors (Lipinski definition) is 5. The van der Waals surface area contributed by atoms with Crippen LogP contribution in [-0.2, 0) is 33.9 Å². The van der Waals surface area contributed by atoms with E-state index in [9.17, 15) is 24.9 Å². The number of benzene rings is 3. The van der Waals surface area contributed by atoms with Gasteiger partial charge in [0.25, 0.3) is 11.9 Å². The number of nitrogens with one attached hydrogen (secondary N) is 1. The predicted molar refractivity (Wildman–Crippen MR) is 184 cm³/mol. The summed E-state index contributed by atoms with van der Waals surface area (Å²) in [6, 6.07) is 21.9. The molecule has 4 rings (SSSR count). The van der Waals surface area contributed by atoms with E-state index >= 15 is 0 Å². The number of rotatable bonds is 19. The van der Waals surface area contributed by atoms with E-state index in [0.717, 1.165) is 76.1 Å². The fourth-order valence-corrected chi connectivity index (χ4v) is 5.32. The summed E-state index contributed by atoms with van der Waals surface area (Å²) < 4.78 is 5.81. The SMILES string of the molecule is CC(=O)O.O=C1CN(Cc2ccccc2)C(=O)N1c1cccc(CCCCOCCCCCCNC[C@H](O)c2ccc(O)c(CO)c2)c1. The van der Waals surface area contributed by atoms with Crippen LogP contribution in [0.1, 0.15) is 73.8 Å². The van der Waals surface area contributed by atoms with Crippen molar-refractivity contribution < 1.29 is 39.5 Å². The quantitative estimate of drug-likeness (QED) is 0.0862. The van der Waals surface area contributed by atoms with Crippen molar-refractivity contribution in [3.8, 4) is 5.75 Å². The molecule has 1 saturated heterocycles. The van der Waals surface area contributed by atoms with Crippen LogP contribution in [0.15, 0.2) is 72.8 Å². The van der Waals surface area contributed by atoms with Crippen LogP contribution in [0.4, 0.5) is 10.5 Å². The van der Waals surface area contributed by atoms with E-state index in [2.05, 4.69) is 5.32 Å². The Labute approximate surface area is 282 Å². The molecule has 260 valence electrons. The van der Waals surface area contributed by atoms with E-state index in [0.29, 0.717) is 36.5 Å². The molecule has 1 aliphatic heterocycles. The zero-order valence-corrected chi connectivity index (χ0v) is 27.7. The van der Waals surface area contributed by atoms with Crippen LogP contribution in [-0.4, -0.2) is 76.1 Å². The highest BCUT2D eigenvalue weighted by molar-refractivity contribution is 6.19. The molecule has 0 spiro atoms. The number of aliphatic carboxylic acids is 1. The monoisotopic (exact) mass is 663 g/mol. The Morgan fingerprint density at radius 2 is 1.58 bits per heavy atom.